The lowest BCUT2D eigenvalue weighted by atomic mass is 9.79. The van der Waals surface area contributed by atoms with Crippen LogP contribution in [0.1, 0.15) is 44.2 Å². The molecule has 0 aromatic heterocycles. The normalized spacial score (nSPS) is 29.3. The molecule has 3 unspecified atom stereocenters. The average molecular weight is 308 g/mol. The zero-order valence-electron chi connectivity index (χ0n) is 12.7. The molecule has 21 heavy (non-hydrogen) atoms. The van der Waals surface area contributed by atoms with Gasteiger partial charge in [0.1, 0.15) is 0 Å². The number of sulfonamides is 1. The van der Waals surface area contributed by atoms with Crippen LogP contribution in [0.5, 0.6) is 0 Å². The predicted octanol–water partition coefficient (Wildman–Crippen LogP) is 2.39. The van der Waals surface area contributed by atoms with Crippen molar-refractivity contribution in [2.45, 2.75) is 57.1 Å². The van der Waals surface area contributed by atoms with E-state index >= 15 is 0 Å². The first kappa shape index (κ1) is 15.0. The Morgan fingerprint density at radius 3 is 2.62 bits per heavy atom. The van der Waals surface area contributed by atoms with Crippen molar-refractivity contribution in [3.05, 3.63) is 29.3 Å². The van der Waals surface area contributed by atoms with Gasteiger partial charge in [-0.15, -0.1) is 0 Å². The minimum atomic E-state index is -3.40. The van der Waals surface area contributed by atoms with E-state index in [9.17, 15) is 8.42 Å². The highest BCUT2D eigenvalue weighted by Gasteiger charge is 2.28. The van der Waals surface area contributed by atoms with E-state index in [1.54, 1.807) is 6.07 Å². The summed E-state index contributed by atoms with van der Waals surface area (Å²) in [6.45, 7) is 6.06. The Balaban J connectivity index is 1.75. The van der Waals surface area contributed by atoms with Gasteiger partial charge in [0.15, 0.2) is 0 Å². The second-order valence-electron chi connectivity index (χ2n) is 6.62. The van der Waals surface area contributed by atoms with Gasteiger partial charge in [0.25, 0.3) is 0 Å². The summed E-state index contributed by atoms with van der Waals surface area (Å²) in [5.41, 5.74) is 2.30. The van der Waals surface area contributed by atoms with Crippen LogP contribution < -0.4 is 10.0 Å². The van der Waals surface area contributed by atoms with Crippen molar-refractivity contribution < 1.29 is 8.42 Å². The molecule has 1 aromatic rings. The molecule has 1 aromatic carbocycles. The number of hydrogen-bond donors (Lipinski definition) is 2. The van der Waals surface area contributed by atoms with E-state index in [0.717, 1.165) is 37.9 Å². The molecule has 0 radical (unpaired) electrons. The third-order valence-electron chi connectivity index (χ3n) is 5.04. The fraction of sp³-hybridized carbons (Fsp3) is 0.625. The van der Waals surface area contributed by atoms with Crippen LogP contribution in [0.2, 0.25) is 0 Å². The molecule has 5 heteroatoms. The summed E-state index contributed by atoms with van der Waals surface area (Å²) < 4.78 is 28.0. The van der Waals surface area contributed by atoms with E-state index in [1.807, 2.05) is 12.1 Å². The maximum absolute atomic E-state index is 12.6. The second kappa shape index (κ2) is 5.71. The zero-order valence-corrected chi connectivity index (χ0v) is 13.5. The maximum Gasteiger partial charge on any atom is 0.240 e. The van der Waals surface area contributed by atoms with E-state index in [1.165, 1.54) is 5.56 Å². The highest BCUT2D eigenvalue weighted by Crippen LogP contribution is 2.30. The molecule has 1 saturated carbocycles. The summed E-state index contributed by atoms with van der Waals surface area (Å²) in [6, 6.07) is 5.54. The average Bonchev–Trinajstić information content (AvgIpc) is 2.90. The van der Waals surface area contributed by atoms with Crippen LogP contribution in [-0.2, 0) is 23.1 Å². The zero-order chi connectivity index (χ0) is 15.0. The Morgan fingerprint density at radius 2 is 1.86 bits per heavy atom. The van der Waals surface area contributed by atoms with Crippen LogP contribution in [-0.4, -0.2) is 14.5 Å². The topological polar surface area (TPSA) is 58.2 Å². The molecule has 0 spiro atoms. The first-order valence-electron chi connectivity index (χ1n) is 7.80. The minimum absolute atomic E-state index is 0.0765. The van der Waals surface area contributed by atoms with Crippen molar-refractivity contribution in [2.24, 2.45) is 11.8 Å². The Kier molecular flexibility index (Phi) is 4.08. The SMILES string of the molecule is CC1CCC(NS(=O)(=O)c2ccc3c(c2)CNC3)CC1C. The van der Waals surface area contributed by atoms with E-state index in [-0.39, 0.29) is 6.04 Å². The minimum Gasteiger partial charge on any atom is -0.309 e. The van der Waals surface area contributed by atoms with Gasteiger partial charge in [-0.05, 0) is 54.4 Å². The molecule has 2 N–H and O–H groups in total. The van der Waals surface area contributed by atoms with E-state index in [4.69, 9.17) is 0 Å². The molecule has 3 rings (SSSR count). The van der Waals surface area contributed by atoms with Crippen molar-refractivity contribution in [1.82, 2.24) is 10.0 Å². The lowest BCUT2D eigenvalue weighted by molar-refractivity contribution is 0.242. The molecular formula is C16H24N2O2S. The fourth-order valence-electron chi connectivity index (χ4n) is 3.38. The van der Waals surface area contributed by atoms with Crippen molar-refractivity contribution in [1.29, 1.82) is 0 Å². The van der Waals surface area contributed by atoms with Crippen molar-refractivity contribution in [2.75, 3.05) is 0 Å². The van der Waals surface area contributed by atoms with Crippen LogP contribution in [0.25, 0.3) is 0 Å². The van der Waals surface area contributed by atoms with Crippen molar-refractivity contribution in [3.63, 3.8) is 0 Å². The molecule has 1 heterocycles. The van der Waals surface area contributed by atoms with Crippen molar-refractivity contribution in [3.8, 4) is 0 Å². The van der Waals surface area contributed by atoms with Gasteiger partial charge in [-0.2, -0.15) is 0 Å². The number of nitrogens with one attached hydrogen (secondary N) is 2. The smallest absolute Gasteiger partial charge is 0.240 e. The third kappa shape index (κ3) is 3.15. The largest absolute Gasteiger partial charge is 0.309 e. The monoisotopic (exact) mass is 308 g/mol. The van der Waals surface area contributed by atoms with Gasteiger partial charge in [-0.1, -0.05) is 19.9 Å². The van der Waals surface area contributed by atoms with Gasteiger partial charge in [-0.3, -0.25) is 0 Å². The summed E-state index contributed by atoms with van der Waals surface area (Å²) in [5, 5.41) is 3.24. The molecule has 4 nitrogen and oxygen atoms in total. The van der Waals surface area contributed by atoms with Gasteiger partial charge >= 0.3 is 0 Å². The Morgan fingerprint density at radius 1 is 1.10 bits per heavy atom. The lowest BCUT2D eigenvalue weighted by Gasteiger charge is -2.32. The van der Waals surface area contributed by atoms with Gasteiger partial charge in [-0.25, -0.2) is 13.1 Å². The van der Waals surface area contributed by atoms with Gasteiger partial charge in [0.05, 0.1) is 4.90 Å². The highest BCUT2D eigenvalue weighted by molar-refractivity contribution is 7.89. The summed E-state index contributed by atoms with van der Waals surface area (Å²) in [4.78, 5) is 0.399. The second-order valence-corrected chi connectivity index (χ2v) is 8.33. The molecule has 1 aliphatic heterocycles. The first-order chi connectivity index (χ1) is 9.95. The number of fused-ring (bicyclic) bond motifs is 1. The standard InChI is InChI=1S/C16H24N2O2S/c1-11-3-5-15(7-12(11)2)18-21(19,20)16-6-4-13-9-17-10-14(13)8-16/h4,6,8,11-12,15,17-18H,3,5,7,9-10H2,1-2H3. The predicted molar refractivity (Wildman–Crippen MR) is 83.3 cm³/mol. The van der Waals surface area contributed by atoms with Crippen LogP contribution in [0.15, 0.2) is 23.1 Å². The molecular weight excluding hydrogens is 284 g/mol. The number of benzene rings is 1. The number of hydrogen-bond acceptors (Lipinski definition) is 3. The van der Waals surface area contributed by atoms with Gasteiger partial charge < -0.3 is 5.32 Å². The number of rotatable bonds is 3. The summed E-state index contributed by atoms with van der Waals surface area (Å²) in [7, 11) is -3.40. The summed E-state index contributed by atoms with van der Waals surface area (Å²) >= 11 is 0. The van der Waals surface area contributed by atoms with Crippen LogP contribution in [0, 0.1) is 11.8 Å². The molecule has 116 valence electrons. The summed E-state index contributed by atoms with van der Waals surface area (Å²) in [6.07, 6.45) is 2.98. The Bertz CT molecular complexity index is 627. The molecule has 0 bridgehead atoms. The highest BCUT2D eigenvalue weighted by atomic mass is 32.2. The molecule has 1 aliphatic carbocycles. The maximum atomic E-state index is 12.6. The lowest BCUT2D eigenvalue weighted by Crippen LogP contribution is -2.39. The van der Waals surface area contributed by atoms with Crippen LogP contribution in [0.4, 0.5) is 0 Å². The van der Waals surface area contributed by atoms with E-state index in [0.29, 0.717) is 16.7 Å². The van der Waals surface area contributed by atoms with E-state index < -0.39 is 10.0 Å². The molecule has 0 saturated heterocycles. The van der Waals surface area contributed by atoms with Gasteiger partial charge in [0.2, 0.25) is 10.0 Å². The fourth-order valence-corrected chi connectivity index (χ4v) is 4.71. The first-order valence-corrected chi connectivity index (χ1v) is 9.29. The van der Waals surface area contributed by atoms with Crippen LogP contribution in [0.3, 0.4) is 0 Å². The van der Waals surface area contributed by atoms with Gasteiger partial charge in [0, 0.05) is 19.1 Å². The summed E-state index contributed by atoms with van der Waals surface area (Å²) in [5.74, 6) is 1.27. The van der Waals surface area contributed by atoms with Crippen LogP contribution >= 0.6 is 0 Å². The molecule has 1 fully saturated rings. The Hall–Kier alpha value is -0.910. The quantitative estimate of drug-likeness (QED) is 0.901. The third-order valence-corrected chi connectivity index (χ3v) is 6.56. The molecule has 2 aliphatic rings. The molecule has 3 atom stereocenters. The van der Waals surface area contributed by atoms with E-state index in [2.05, 4.69) is 23.9 Å². The molecule has 0 amide bonds. The Labute approximate surface area is 127 Å². The van der Waals surface area contributed by atoms with Crippen molar-refractivity contribution >= 4 is 10.0 Å².